The first kappa shape index (κ1) is 10.9. The smallest absolute Gasteiger partial charge is 0.164 e. The zero-order chi connectivity index (χ0) is 10.8. The van der Waals surface area contributed by atoms with E-state index in [1.165, 1.54) is 6.20 Å². The van der Waals surface area contributed by atoms with Crippen molar-refractivity contribution in [3.63, 3.8) is 0 Å². The van der Waals surface area contributed by atoms with Crippen LogP contribution in [0.25, 0.3) is 0 Å². The van der Waals surface area contributed by atoms with Gasteiger partial charge >= 0.3 is 0 Å². The summed E-state index contributed by atoms with van der Waals surface area (Å²) in [4.78, 5) is 5.90. The SMILES string of the molecule is CC1C(CBr)CCN1c1ccncc1F. The molecule has 0 bridgehead atoms. The summed E-state index contributed by atoms with van der Waals surface area (Å²) in [6.45, 7) is 3.08. The Balaban J connectivity index is 2.22. The minimum absolute atomic E-state index is 0.223. The lowest BCUT2D eigenvalue weighted by Gasteiger charge is -2.26. The number of pyridine rings is 1. The molecule has 0 N–H and O–H groups in total. The molecular formula is C11H14BrFN2. The molecule has 0 radical (unpaired) electrons. The maximum absolute atomic E-state index is 13.5. The van der Waals surface area contributed by atoms with E-state index in [-0.39, 0.29) is 5.82 Å². The molecule has 2 atom stereocenters. The molecule has 0 aromatic carbocycles. The highest BCUT2D eigenvalue weighted by Gasteiger charge is 2.31. The molecule has 2 heterocycles. The van der Waals surface area contributed by atoms with Gasteiger partial charge in [0.05, 0.1) is 11.9 Å². The number of hydrogen-bond donors (Lipinski definition) is 0. The second-order valence-electron chi connectivity index (χ2n) is 3.96. The largest absolute Gasteiger partial charge is 0.366 e. The average Bonchev–Trinajstić information content (AvgIpc) is 2.60. The summed E-state index contributed by atoms with van der Waals surface area (Å²) in [7, 11) is 0. The molecule has 15 heavy (non-hydrogen) atoms. The summed E-state index contributed by atoms with van der Waals surface area (Å²) in [5.74, 6) is 0.386. The zero-order valence-electron chi connectivity index (χ0n) is 8.66. The van der Waals surface area contributed by atoms with E-state index in [9.17, 15) is 4.39 Å². The van der Waals surface area contributed by atoms with E-state index in [4.69, 9.17) is 0 Å². The Kier molecular flexibility index (Phi) is 3.24. The topological polar surface area (TPSA) is 16.1 Å². The number of anilines is 1. The van der Waals surface area contributed by atoms with Gasteiger partial charge in [0, 0.05) is 24.1 Å². The van der Waals surface area contributed by atoms with Crippen LogP contribution in [0, 0.1) is 11.7 Å². The standard InChI is InChI=1S/C11H14BrFN2/c1-8-9(6-12)3-5-15(8)11-2-4-14-7-10(11)13/h2,4,7-9H,3,5-6H2,1H3. The van der Waals surface area contributed by atoms with Gasteiger partial charge in [-0.05, 0) is 25.3 Å². The average molecular weight is 273 g/mol. The Morgan fingerprint density at radius 1 is 1.67 bits per heavy atom. The van der Waals surface area contributed by atoms with Crippen LogP contribution in [-0.2, 0) is 0 Å². The van der Waals surface area contributed by atoms with Crippen molar-refractivity contribution in [1.29, 1.82) is 0 Å². The van der Waals surface area contributed by atoms with E-state index in [0.717, 1.165) is 18.3 Å². The van der Waals surface area contributed by atoms with E-state index in [0.29, 0.717) is 17.6 Å². The van der Waals surface area contributed by atoms with Gasteiger partial charge in [-0.15, -0.1) is 0 Å². The van der Waals surface area contributed by atoms with Gasteiger partial charge < -0.3 is 4.90 Å². The number of hydrogen-bond acceptors (Lipinski definition) is 2. The molecule has 1 aromatic rings. The van der Waals surface area contributed by atoms with Crippen LogP contribution in [0.15, 0.2) is 18.5 Å². The molecule has 2 unspecified atom stereocenters. The third kappa shape index (κ3) is 2.00. The maximum Gasteiger partial charge on any atom is 0.164 e. The first-order valence-electron chi connectivity index (χ1n) is 5.16. The molecule has 2 nitrogen and oxygen atoms in total. The monoisotopic (exact) mass is 272 g/mol. The van der Waals surface area contributed by atoms with E-state index in [1.807, 2.05) is 0 Å². The third-order valence-corrected chi connectivity index (χ3v) is 4.00. The van der Waals surface area contributed by atoms with Crippen LogP contribution < -0.4 is 4.90 Å². The first-order valence-corrected chi connectivity index (χ1v) is 6.28. The van der Waals surface area contributed by atoms with Crippen LogP contribution in [0.3, 0.4) is 0 Å². The van der Waals surface area contributed by atoms with Gasteiger partial charge in [0.1, 0.15) is 0 Å². The highest BCUT2D eigenvalue weighted by atomic mass is 79.9. The Hall–Kier alpha value is -0.640. The van der Waals surface area contributed by atoms with Gasteiger partial charge in [0.2, 0.25) is 0 Å². The van der Waals surface area contributed by atoms with E-state index < -0.39 is 0 Å². The fourth-order valence-electron chi connectivity index (χ4n) is 2.15. The number of aromatic nitrogens is 1. The van der Waals surface area contributed by atoms with Crippen molar-refractivity contribution in [2.24, 2.45) is 5.92 Å². The molecule has 0 amide bonds. The number of halogens is 2. The Bertz CT molecular complexity index is 345. The fraction of sp³-hybridized carbons (Fsp3) is 0.545. The molecule has 1 aromatic heterocycles. The van der Waals surface area contributed by atoms with Crippen LogP contribution >= 0.6 is 15.9 Å². The molecule has 0 aliphatic carbocycles. The van der Waals surface area contributed by atoms with E-state index in [1.54, 1.807) is 12.3 Å². The summed E-state index contributed by atoms with van der Waals surface area (Å²) in [6.07, 6.45) is 4.05. The zero-order valence-corrected chi connectivity index (χ0v) is 10.2. The van der Waals surface area contributed by atoms with Gasteiger partial charge in [-0.1, -0.05) is 15.9 Å². The summed E-state index contributed by atoms with van der Waals surface area (Å²) < 4.78 is 13.5. The lowest BCUT2D eigenvalue weighted by Crippen LogP contribution is -2.31. The van der Waals surface area contributed by atoms with Gasteiger partial charge in [-0.25, -0.2) is 4.39 Å². The lowest BCUT2D eigenvalue weighted by atomic mass is 10.1. The third-order valence-electron chi connectivity index (χ3n) is 3.17. The van der Waals surface area contributed by atoms with Gasteiger partial charge in [-0.3, -0.25) is 4.98 Å². The Labute approximate surface area is 97.6 Å². The molecule has 1 fully saturated rings. The van der Waals surface area contributed by atoms with Crippen molar-refractivity contribution in [3.05, 3.63) is 24.3 Å². The Morgan fingerprint density at radius 3 is 3.07 bits per heavy atom. The van der Waals surface area contributed by atoms with Crippen molar-refractivity contribution in [2.75, 3.05) is 16.8 Å². The first-order chi connectivity index (χ1) is 7.24. The predicted octanol–water partition coefficient (Wildman–Crippen LogP) is 2.83. The van der Waals surface area contributed by atoms with Crippen LogP contribution in [0.4, 0.5) is 10.1 Å². The molecular weight excluding hydrogens is 259 g/mol. The van der Waals surface area contributed by atoms with Gasteiger partial charge in [-0.2, -0.15) is 0 Å². The molecule has 1 aliphatic heterocycles. The molecule has 82 valence electrons. The maximum atomic E-state index is 13.5. The minimum Gasteiger partial charge on any atom is -0.366 e. The highest BCUT2D eigenvalue weighted by molar-refractivity contribution is 9.09. The molecule has 1 saturated heterocycles. The van der Waals surface area contributed by atoms with Crippen molar-refractivity contribution in [3.8, 4) is 0 Å². The molecule has 0 saturated carbocycles. The van der Waals surface area contributed by atoms with E-state index >= 15 is 0 Å². The van der Waals surface area contributed by atoms with Gasteiger partial charge in [0.15, 0.2) is 5.82 Å². The van der Waals surface area contributed by atoms with Crippen molar-refractivity contribution >= 4 is 21.6 Å². The van der Waals surface area contributed by atoms with Crippen molar-refractivity contribution in [1.82, 2.24) is 4.98 Å². The summed E-state index contributed by atoms with van der Waals surface area (Å²) >= 11 is 3.50. The van der Waals surface area contributed by atoms with Crippen LogP contribution in [-0.4, -0.2) is 22.9 Å². The van der Waals surface area contributed by atoms with E-state index in [2.05, 4.69) is 32.7 Å². The number of nitrogens with zero attached hydrogens (tertiary/aromatic N) is 2. The summed E-state index contributed by atoms with van der Waals surface area (Å²) in [6, 6.07) is 2.14. The quantitative estimate of drug-likeness (QED) is 0.770. The van der Waals surface area contributed by atoms with Crippen LogP contribution in [0.2, 0.25) is 0 Å². The summed E-state index contributed by atoms with van der Waals surface area (Å²) in [5, 5.41) is 0.984. The Morgan fingerprint density at radius 2 is 2.47 bits per heavy atom. The van der Waals surface area contributed by atoms with Crippen molar-refractivity contribution in [2.45, 2.75) is 19.4 Å². The van der Waals surface area contributed by atoms with Gasteiger partial charge in [0.25, 0.3) is 0 Å². The normalized spacial score (nSPS) is 25.9. The fourth-order valence-corrected chi connectivity index (χ4v) is 3.02. The molecule has 1 aliphatic rings. The predicted molar refractivity (Wildman–Crippen MR) is 62.9 cm³/mol. The lowest BCUT2D eigenvalue weighted by molar-refractivity contribution is 0.549. The second-order valence-corrected chi connectivity index (χ2v) is 4.61. The molecule has 4 heteroatoms. The molecule has 2 rings (SSSR count). The highest BCUT2D eigenvalue weighted by Crippen LogP contribution is 2.31. The minimum atomic E-state index is -0.223. The second kappa shape index (κ2) is 4.47. The number of rotatable bonds is 2. The van der Waals surface area contributed by atoms with Crippen molar-refractivity contribution < 1.29 is 4.39 Å². The number of alkyl halides is 1. The van der Waals surface area contributed by atoms with Crippen LogP contribution in [0.1, 0.15) is 13.3 Å². The molecule has 0 spiro atoms. The summed E-state index contributed by atoms with van der Waals surface area (Å²) in [5.41, 5.74) is 0.681. The van der Waals surface area contributed by atoms with Crippen LogP contribution in [0.5, 0.6) is 0 Å².